The van der Waals surface area contributed by atoms with Gasteiger partial charge in [0.05, 0.1) is 12.7 Å². The molecule has 5 nitrogen and oxygen atoms in total. The topological polar surface area (TPSA) is 64.6 Å². The van der Waals surface area contributed by atoms with Gasteiger partial charge in [-0.1, -0.05) is 37.6 Å². The Kier molecular flexibility index (Phi) is 7.01. The molecule has 0 heterocycles. The Hall–Kier alpha value is -2.82. The zero-order valence-electron chi connectivity index (χ0n) is 14.6. The molecule has 0 aliphatic rings. The molecule has 0 aliphatic heterocycles. The number of hydrogen-bond acceptors (Lipinski definition) is 4. The maximum absolute atomic E-state index is 11.9. The Morgan fingerprint density at radius 2 is 1.60 bits per heavy atom. The van der Waals surface area contributed by atoms with Crippen molar-refractivity contribution in [3.8, 4) is 5.75 Å². The minimum absolute atomic E-state index is 0.0344. The normalized spacial score (nSPS) is 10.2. The molecular formula is C20H23NO4. The third-order valence-corrected chi connectivity index (χ3v) is 3.70. The lowest BCUT2D eigenvalue weighted by Crippen LogP contribution is -2.28. The third-order valence-electron chi connectivity index (χ3n) is 3.70. The highest BCUT2D eigenvalue weighted by Gasteiger charge is 2.06. The number of ether oxygens (including phenoxy) is 2. The summed E-state index contributed by atoms with van der Waals surface area (Å²) in [5, 5.41) is 2.78. The van der Waals surface area contributed by atoms with Crippen molar-refractivity contribution in [1.82, 2.24) is 5.32 Å². The molecule has 1 amide bonds. The van der Waals surface area contributed by atoms with Gasteiger partial charge in [-0.3, -0.25) is 4.79 Å². The van der Waals surface area contributed by atoms with Crippen LogP contribution in [0.2, 0.25) is 0 Å². The fourth-order valence-corrected chi connectivity index (χ4v) is 2.32. The summed E-state index contributed by atoms with van der Waals surface area (Å²) in [6, 6.07) is 14.7. The summed E-state index contributed by atoms with van der Waals surface area (Å²) in [7, 11) is 1.34. The van der Waals surface area contributed by atoms with Crippen molar-refractivity contribution in [2.75, 3.05) is 13.7 Å². The average Bonchev–Trinajstić information content (AvgIpc) is 2.66. The van der Waals surface area contributed by atoms with Gasteiger partial charge < -0.3 is 14.8 Å². The number of nitrogens with one attached hydrogen (secondary N) is 1. The average molecular weight is 341 g/mol. The van der Waals surface area contributed by atoms with Gasteiger partial charge in [0.2, 0.25) is 0 Å². The van der Waals surface area contributed by atoms with Gasteiger partial charge in [-0.2, -0.15) is 0 Å². The Bertz CT molecular complexity index is 693. The fourth-order valence-electron chi connectivity index (χ4n) is 2.32. The fraction of sp³-hybridized carbons (Fsp3) is 0.300. The lowest BCUT2D eigenvalue weighted by Gasteiger charge is -2.08. The first-order chi connectivity index (χ1) is 12.1. The molecule has 0 saturated heterocycles. The SMILES string of the molecule is CCCc1ccc(OCC(=O)NCc2ccc(C(=O)OC)cc2)cc1. The van der Waals surface area contributed by atoms with E-state index in [0.717, 1.165) is 18.4 Å². The number of carbonyl (C=O) groups excluding carboxylic acids is 2. The van der Waals surface area contributed by atoms with E-state index in [0.29, 0.717) is 17.9 Å². The van der Waals surface area contributed by atoms with Crippen molar-refractivity contribution in [1.29, 1.82) is 0 Å². The molecule has 0 aromatic heterocycles. The summed E-state index contributed by atoms with van der Waals surface area (Å²) in [5.41, 5.74) is 2.63. The molecule has 132 valence electrons. The first-order valence-corrected chi connectivity index (χ1v) is 8.28. The molecule has 1 N–H and O–H groups in total. The monoisotopic (exact) mass is 341 g/mol. The Balaban J connectivity index is 1.75. The first-order valence-electron chi connectivity index (χ1n) is 8.28. The van der Waals surface area contributed by atoms with Gasteiger partial charge in [0.15, 0.2) is 6.61 Å². The minimum Gasteiger partial charge on any atom is -0.484 e. The summed E-state index contributed by atoms with van der Waals surface area (Å²) in [5.74, 6) is 0.0982. The van der Waals surface area contributed by atoms with Crippen LogP contribution in [0.3, 0.4) is 0 Å². The zero-order chi connectivity index (χ0) is 18.1. The molecule has 0 aliphatic carbocycles. The van der Waals surface area contributed by atoms with E-state index < -0.39 is 0 Å². The predicted molar refractivity (Wildman–Crippen MR) is 95.6 cm³/mol. The molecule has 0 fully saturated rings. The zero-order valence-corrected chi connectivity index (χ0v) is 14.6. The van der Waals surface area contributed by atoms with Crippen molar-refractivity contribution < 1.29 is 19.1 Å². The van der Waals surface area contributed by atoms with E-state index in [4.69, 9.17) is 4.74 Å². The highest BCUT2D eigenvalue weighted by atomic mass is 16.5. The van der Waals surface area contributed by atoms with Crippen LogP contribution in [0.5, 0.6) is 5.75 Å². The Labute approximate surface area is 148 Å². The number of rotatable bonds is 8. The van der Waals surface area contributed by atoms with Crippen LogP contribution in [0, 0.1) is 0 Å². The number of methoxy groups -OCH3 is 1. The van der Waals surface area contributed by atoms with Crippen LogP contribution in [-0.4, -0.2) is 25.6 Å². The number of carbonyl (C=O) groups is 2. The number of esters is 1. The number of benzene rings is 2. The maximum atomic E-state index is 11.9. The summed E-state index contributed by atoms with van der Waals surface area (Å²) in [4.78, 5) is 23.2. The van der Waals surface area contributed by atoms with Gasteiger partial charge in [0.1, 0.15) is 5.75 Å². The molecule has 5 heteroatoms. The lowest BCUT2D eigenvalue weighted by atomic mass is 10.1. The highest BCUT2D eigenvalue weighted by Crippen LogP contribution is 2.13. The van der Waals surface area contributed by atoms with Crippen LogP contribution < -0.4 is 10.1 Å². The Morgan fingerprint density at radius 1 is 0.960 bits per heavy atom. The van der Waals surface area contributed by atoms with Gasteiger partial charge in [-0.25, -0.2) is 4.79 Å². The summed E-state index contributed by atoms with van der Waals surface area (Å²) >= 11 is 0. The second-order valence-corrected chi connectivity index (χ2v) is 5.65. The van der Waals surface area contributed by atoms with Crippen LogP contribution in [0.4, 0.5) is 0 Å². The van der Waals surface area contributed by atoms with E-state index in [1.165, 1.54) is 12.7 Å². The third kappa shape index (κ3) is 5.95. The van der Waals surface area contributed by atoms with Crippen LogP contribution >= 0.6 is 0 Å². The molecule has 0 atom stereocenters. The summed E-state index contributed by atoms with van der Waals surface area (Å²) in [6.07, 6.45) is 2.14. The van der Waals surface area contributed by atoms with Crippen LogP contribution in [0.25, 0.3) is 0 Å². The molecule has 2 aromatic rings. The smallest absolute Gasteiger partial charge is 0.337 e. The first kappa shape index (κ1) is 18.5. The van der Waals surface area contributed by atoms with Crippen LogP contribution in [-0.2, 0) is 22.5 Å². The number of hydrogen-bond donors (Lipinski definition) is 1. The van der Waals surface area contributed by atoms with Crippen LogP contribution in [0.15, 0.2) is 48.5 Å². The van der Waals surface area contributed by atoms with E-state index >= 15 is 0 Å². The molecular weight excluding hydrogens is 318 g/mol. The largest absolute Gasteiger partial charge is 0.484 e. The lowest BCUT2D eigenvalue weighted by molar-refractivity contribution is -0.123. The second-order valence-electron chi connectivity index (χ2n) is 5.65. The Morgan fingerprint density at radius 3 is 2.20 bits per heavy atom. The molecule has 2 rings (SSSR count). The van der Waals surface area contributed by atoms with Gasteiger partial charge in [0.25, 0.3) is 5.91 Å². The van der Waals surface area contributed by atoms with Crippen molar-refractivity contribution in [3.63, 3.8) is 0 Å². The maximum Gasteiger partial charge on any atom is 0.337 e. The molecule has 0 bridgehead atoms. The predicted octanol–water partition coefficient (Wildman–Crippen LogP) is 3.12. The van der Waals surface area contributed by atoms with Gasteiger partial charge >= 0.3 is 5.97 Å². The van der Waals surface area contributed by atoms with Gasteiger partial charge in [-0.05, 0) is 41.8 Å². The van der Waals surface area contributed by atoms with Gasteiger partial charge in [0, 0.05) is 6.54 Å². The molecule has 25 heavy (non-hydrogen) atoms. The minimum atomic E-state index is -0.381. The molecule has 0 spiro atoms. The van der Waals surface area contributed by atoms with E-state index in [2.05, 4.69) is 17.0 Å². The molecule has 2 aromatic carbocycles. The van der Waals surface area contributed by atoms with E-state index in [1.807, 2.05) is 24.3 Å². The molecule has 0 radical (unpaired) electrons. The van der Waals surface area contributed by atoms with E-state index in [9.17, 15) is 9.59 Å². The van der Waals surface area contributed by atoms with Crippen molar-refractivity contribution in [2.45, 2.75) is 26.3 Å². The number of amides is 1. The van der Waals surface area contributed by atoms with Crippen molar-refractivity contribution in [2.24, 2.45) is 0 Å². The summed E-state index contributed by atoms with van der Waals surface area (Å²) < 4.78 is 10.1. The summed E-state index contributed by atoms with van der Waals surface area (Å²) in [6.45, 7) is 2.48. The molecule has 0 saturated carbocycles. The van der Waals surface area contributed by atoms with Crippen molar-refractivity contribution >= 4 is 11.9 Å². The van der Waals surface area contributed by atoms with E-state index in [1.54, 1.807) is 24.3 Å². The van der Waals surface area contributed by atoms with Gasteiger partial charge in [-0.15, -0.1) is 0 Å². The van der Waals surface area contributed by atoms with E-state index in [-0.39, 0.29) is 18.5 Å². The highest BCUT2D eigenvalue weighted by molar-refractivity contribution is 5.89. The molecule has 0 unspecified atom stereocenters. The number of aryl methyl sites for hydroxylation is 1. The van der Waals surface area contributed by atoms with Crippen LogP contribution in [0.1, 0.15) is 34.8 Å². The second kappa shape index (κ2) is 9.47. The quantitative estimate of drug-likeness (QED) is 0.749. The standard InChI is InChI=1S/C20H23NO4/c1-3-4-15-7-11-18(12-8-15)25-14-19(22)21-13-16-5-9-17(10-6-16)20(23)24-2/h5-12H,3-4,13-14H2,1-2H3,(H,21,22). The van der Waals surface area contributed by atoms with Crippen molar-refractivity contribution in [3.05, 3.63) is 65.2 Å².